The van der Waals surface area contributed by atoms with Gasteiger partial charge in [0.05, 0.1) is 0 Å². The monoisotopic (exact) mass is 428 g/mol. The second kappa shape index (κ2) is 8.59. The molecule has 2 aromatic carbocycles. The number of halogens is 1. The maximum absolute atomic E-state index is 12.4. The molecule has 1 N–H and O–H groups in total. The standard InChI is InChI=1S/C20H17ClN4O3S/c21-14-6-8-16(9-7-14)28-12-17(26)22-20-24-23-19(29-20)13-10-18(27)25(11-13)15-4-2-1-3-5-15/h1-9,13H,10-12H2,(H,22,24,26). The van der Waals surface area contributed by atoms with Gasteiger partial charge in [0.1, 0.15) is 10.8 Å². The summed E-state index contributed by atoms with van der Waals surface area (Å²) in [6.45, 7) is 0.394. The summed E-state index contributed by atoms with van der Waals surface area (Å²) in [4.78, 5) is 26.2. The maximum Gasteiger partial charge on any atom is 0.264 e. The van der Waals surface area contributed by atoms with Crippen molar-refractivity contribution in [3.8, 4) is 5.75 Å². The summed E-state index contributed by atoms with van der Waals surface area (Å²) in [6, 6.07) is 16.3. The van der Waals surface area contributed by atoms with E-state index in [4.69, 9.17) is 16.3 Å². The smallest absolute Gasteiger partial charge is 0.264 e. The zero-order valence-corrected chi connectivity index (χ0v) is 16.8. The summed E-state index contributed by atoms with van der Waals surface area (Å²) in [6.07, 6.45) is 0.372. The summed E-state index contributed by atoms with van der Waals surface area (Å²) < 4.78 is 5.41. The van der Waals surface area contributed by atoms with Gasteiger partial charge in [-0.05, 0) is 36.4 Å². The van der Waals surface area contributed by atoms with Gasteiger partial charge in [0.2, 0.25) is 11.0 Å². The highest BCUT2D eigenvalue weighted by molar-refractivity contribution is 7.15. The topological polar surface area (TPSA) is 84.4 Å². The first-order chi connectivity index (χ1) is 14.1. The molecule has 0 spiro atoms. The van der Waals surface area contributed by atoms with E-state index >= 15 is 0 Å². The lowest BCUT2D eigenvalue weighted by molar-refractivity contribution is -0.118. The zero-order chi connectivity index (χ0) is 20.2. The minimum absolute atomic E-state index is 0.0452. The van der Waals surface area contributed by atoms with Gasteiger partial charge in [0, 0.05) is 29.6 Å². The number of rotatable bonds is 6. The molecule has 3 aromatic rings. The molecular weight excluding hydrogens is 412 g/mol. The third-order valence-corrected chi connectivity index (χ3v) is 5.67. The molecule has 0 radical (unpaired) electrons. The van der Waals surface area contributed by atoms with Crippen LogP contribution in [0.15, 0.2) is 54.6 Å². The molecule has 1 aliphatic heterocycles. The SMILES string of the molecule is O=C(COc1ccc(Cl)cc1)Nc1nnc(C2CC(=O)N(c3ccccc3)C2)s1. The van der Waals surface area contributed by atoms with Gasteiger partial charge < -0.3 is 9.64 Å². The molecule has 1 aromatic heterocycles. The van der Waals surface area contributed by atoms with Crippen molar-refractivity contribution in [1.29, 1.82) is 0 Å². The second-order valence-corrected chi connectivity index (χ2v) is 7.92. The number of benzene rings is 2. The predicted octanol–water partition coefficient (Wildman–Crippen LogP) is 3.73. The van der Waals surface area contributed by atoms with Gasteiger partial charge in [-0.15, -0.1) is 10.2 Å². The molecule has 7 nitrogen and oxygen atoms in total. The minimum Gasteiger partial charge on any atom is -0.484 e. The molecule has 29 heavy (non-hydrogen) atoms. The number of aromatic nitrogens is 2. The van der Waals surface area contributed by atoms with E-state index < -0.39 is 0 Å². The summed E-state index contributed by atoms with van der Waals surface area (Å²) >= 11 is 7.09. The molecule has 1 saturated heterocycles. The molecule has 2 amide bonds. The molecule has 0 aliphatic carbocycles. The maximum atomic E-state index is 12.4. The predicted molar refractivity (Wildman–Crippen MR) is 112 cm³/mol. The van der Waals surface area contributed by atoms with Crippen LogP contribution in [0.25, 0.3) is 0 Å². The molecule has 1 unspecified atom stereocenters. The van der Waals surface area contributed by atoms with Crippen molar-refractivity contribution >= 4 is 45.6 Å². The number of para-hydroxylation sites is 1. The van der Waals surface area contributed by atoms with E-state index in [-0.39, 0.29) is 24.3 Å². The number of carbonyl (C=O) groups excluding carboxylic acids is 2. The Hall–Kier alpha value is -2.97. The normalized spacial score (nSPS) is 16.1. The van der Waals surface area contributed by atoms with Gasteiger partial charge in [0.25, 0.3) is 5.91 Å². The lowest BCUT2D eigenvalue weighted by atomic mass is 10.1. The molecule has 0 saturated carbocycles. The van der Waals surface area contributed by atoms with Crippen LogP contribution in [0.3, 0.4) is 0 Å². The van der Waals surface area contributed by atoms with E-state index in [2.05, 4.69) is 15.5 Å². The first-order valence-corrected chi connectivity index (χ1v) is 10.1. The van der Waals surface area contributed by atoms with Crippen molar-refractivity contribution < 1.29 is 14.3 Å². The molecule has 1 fully saturated rings. The van der Waals surface area contributed by atoms with Gasteiger partial charge in [-0.25, -0.2) is 0 Å². The molecule has 1 aliphatic rings. The number of hydrogen-bond acceptors (Lipinski definition) is 6. The Balaban J connectivity index is 1.33. The Morgan fingerprint density at radius 2 is 1.93 bits per heavy atom. The van der Waals surface area contributed by atoms with E-state index in [1.165, 1.54) is 11.3 Å². The van der Waals surface area contributed by atoms with Gasteiger partial charge >= 0.3 is 0 Å². The van der Waals surface area contributed by atoms with E-state index in [1.54, 1.807) is 29.2 Å². The van der Waals surface area contributed by atoms with Crippen LogP contribution in [0.4, 0.5) is 10.8 Å². The van der Waals surface area contributed by atoms with Gasteiger partial charge in [-0.3, -0.25) is 14.9 Å². The number of carbonyl (C=O) groups is 2. The number of hydrogen-bond donors (Lipinski definition) is 1. The fourth-order valence-electron chi connectivity index (χ4n) is 3.02. The number of nitrogens with zero attached hydrogens (tertiary/aromatic N) is 3. The Morgan fingerprint density at radius 3 is 2.69 bits per heavy atom. The van der Waals surface area contributed by atoms with Crippen LogP contribution in [0.5, 0.6) is 5.75 Å². The van der Waals surface area contributed by atoms with Crippen LogP contribution in [0.1, 0.15) is 17.3 Å². The Bertz CT molecular complexity index is 1010. The van der Waals surface area contributed by atoms with Crippen LogP contribution in [-0.4, -0.2) is 35.2 Å². The summed E-state index contributed by atoms with van der Waals surface area (Å²) in [7, 11) is 0. The van der Waals surface area contributed by atoms with Crippen molar-refractivity contribution in [3.63, 3.8) is 0 Å². The van der Waals surface area contributed by atoms with Crippen molar-refractivity contribution in [2.45, 2.75) is 12.3 Å². The molecule has 0 bridgehead atoms. The highest BCUT2D eigenvalue weighted by Gasteiger charge is 2.33. The van der Waals surface area contributed by atoms with Crippen LogP contribution in [0, 0.1) is 0 Å². The third kappa shape index (κ3) is 4.72. The average molecular weight is 429 g/mol. The summed E-state index contributed by atoms with van der Waals surface area (Å²) in [5.41, 5.74) is 0.873. The van der Waals surface area contributed by atoms with Gasteiger partial charge in [-0.2, -0.15) is 0 Å². The van der Waals surface area contributed by atoms with Crippen LogP contribution >= 0.6 is 22.9 Å². The average Bonchev–Trinajstić information content (AvgIpc) is 3.35. The number of ether oxygens (including phenoxy) is 1. The zero-order valence-electron chi connectivity index (χ0n) is 15.2. The molecule has 9 heteroatoms. The van der Waals surface area contributed by atoms with Crippen molar-refractivity contribution in [1.82, 2.24) is 10.2 Å². The summed E-state index contributed by atoms with van der Waals surface area (Å²) in [5.74, 6) is 0.221. The fourth-order valence-corrected chi connectivity index (χ4v) is 3.99. The van der Waals surface area contributed by atoms with Crippen molar-refractivity contribution in [3.05, 3.63) is 64.6 Å². The first kappa shape index (κ1) is 19.4. The largest absolute Gasteiger partial charge is 0.484 e. The first-order valence-electron chi connectivity index (χ1n) is 8.95. The molecule has 2 heterocycles. The van der Waals surface area contributed by atoms with Crippen LogP contribution in [-0.2, 0) is 9.59 Å². The third-order valence-electron chi connectivity index (χ3n) is 4.41. The Morgan fingerprint density at radius 1 is 1.17 bits per heavy atom. The molecular formula is C20H17ClN4O3S. The number of anilines is 2. The van der Waals surface area contributed by atoms with Crippen LogP contribution < -0.4 is 15.0 Å². The number of nitrogens with one attached hydrogen (secondary N) is 1. The van der Waals surface area contributed by atoms with E-state index in [0.29, 0.717) is 28.9 Å². The summed E-state index contributed by atoms with van der Waals surface area (Å²) in [5, 5.41) is 12.6. The molecule has 148 valence electrons. The molecule has 4 rings (SSSR count). The lowest BCUT2D eigenvalue weighted by Crippen LogP contribution is -2.24. The van der Waals surface area contributed by atoms with Crippen molar-refractivity contribution in [2.75, 3.05) is 23.4 Å². The van der Waals surface area contributed by atoms with E-state index in [9.17, 15) is 9.59 Å². The minimum atomic E-state index is -0.337. The van der Waals surface area contributed by atoms with E-state index in [0.717, 1.165) is 10.7 Å². The van der Waals surface area contributed by atoms with Crippen LogP contribution in [0.2, 0.25) is 5.02 Å². The Kier molecular flexibility index (Phi) is 5.73. The van der Waals surface area contributed by atoms with E-state index in [1.807, 2.05) is 30.3 Å². The quantitative estimate of drug-likeness (QED) is 0.646. The second-order valence-electron chi connectivity index (χ2n) is 6.48. The molecule has 1 atom stereocenters. The Labute approximate surface area is 176 Å². The van der Waals surface area contributed by atoms with Gasteiger partial charge in [-0.1, -0.05) is 41.1 Å². The van der Waals surface area contributed by atoms with Crippen molar-refractivity contribution in [2.24, 2.45) is 0 Å². The lowest BCUT2D eigenvalue weighted by Gasteiger charge is -2.15. The fraction of sp³-hybridized carbons (Fsp3) is 0.200. The highest BCUT2D eigenvalue weighted by Crippen LogP contribution is 2.34. The number of amides is 2. The van der Waals surface area contributed by atoms with Gasteiger partial charge in [0.15, 0.2) is 6.61 Å². The highest BCUT2D eigenvalue weighted by atomic mass is 35.5.